The van der Waals surface area contributed by atoms with Crippen molar-refractivity contribution in [3.63, 3.8) is 0 Å². The van der Waals surface area contributed by atoms with Gasteiger partial charge in [0.1, 0.15) is 11.6 Å². The van der Waals surface area contributed by atoms with Gasteiger partial charge in [0.2, 0.25) is 5.88 Å². The summed E-state index contributed by atoms with van der Waals surface area (Å²) in [6.07, 6.45) is 3.55. The first-order valence-corrected chi connectivity index (χ1v) is 8.94. The van der Waals surface area contributed by atoms with Gasteiger partial charge in [0, 0.05) is 25.7 Å². The fourth-order valence-corrected chi connectivity index (χ4v) is 3.47. The van der Waals surface area contributed by atoms with Crippen molar-refractivity contribution in [2.45, 2.75) is 32.7 Å². The van der Waals surface area contributed by atoms with Crippen LogP contribution in [0.2, 0.25) is 0 Å². The summed E-state index contributed by atoms with van der Waals surface area (Å²) in [7, 11) is 3.49. The molecule has 0 atom stereocenters. The van der Waals surface area contributed by atoms with Crippen LogP contribution in [0.15, 0.2) is 18.2 Å². The number of phenols is 1. The molecule has 7 heteroatoms. The molecule has 1 aliphatic rings. The Labute approximate surface area is 153 Å². The summed E-state index contributed by atoms with van der Waals surface area (Å²) in [4.78, 5) is 14.9. The summed E-state index contributed by atoms with van der Waals surface area (Å²) in [5.41, 5.74) is 2.16. The third-order valence-corrected chi connectivity index (χ3v) is 4.82. The van der Waals surface area contributed by atoms with Gasteiger partial charge in [-0.2, -0.15) is 0 Å². The van der Waals surface area contributed by atoms with E-state index in [0.717, 1.165) is 42.9 Å². The molecule has 0 radical (unpaired) electrons. The highest BCUT2D eigenvalue weighted by atomic mass is 16.5. The summed E-state index contributed by atoms with van der Waals surface area (Å²) in [6, 6.07) is 4.79. The number of methoxy groups -OCH3 is 1. The third kappa shape index (κ3) is 3.61. The normalized spacial score (nSPS) is 14.3. The van der Waals surface area contributed by atoms with E-state index in [4.69, 9.17) is 4.74 Å². The van der Waals surface area contributed by atoms with E-state index in [-0.39, 0.29) is 11.7 Å². The van der Waals surface area contributed by atoms with Gasteiger partial charge in [-0.3, -0.25) is 4.79 Å². The molecule has 0 unspecified atom stereocenters. The van der Waals surface area contributed by atoms with Gasteiger partial charge in [0.15, 0.2) is 0 Å². The van der Waals surface area contributed by atoms with Crippen molar-refractivity contribution in [1.29, 1.82) is 0 Å². The zero-order valence-corrected chi connectivity index (χ0v) is 15.6. The standard InChI is InChI=1S/C19H26N4O3/c1-13-7-8-14(24)11-15(13)17(25)20-12-16-18(26-3)21-22(2)19(16)23-9-5-4-6-10-23/h7-8,11,24H,4-6,9-10,12H2,1-3H3,(H,20,25). The van der Waals surface area contributed by atoms with Crippen LogP contribution in [-0.2, 0) is 13.6 Å². The van der Waals surface area contributed by atoms with Gasteiger partial charge in [-0.05, 0) is 43.9 Å². The lowest BCUT2D eigenvalue weighted by molar-refractivity contribution is 0.0949. The van der Waals surface area contributed by atoms with E-state index in [1.807, 2.05) is 18.7 Å². The van der Waals surface area contributed by atoms with Crippen LogP contribution in [0, 0.1) is 6.92 Å². The van der Waals surface area contributed by atoms with Crippen LogP contribution in [-0.4, -0.2) is 41.0 Å². The minimum atomic E-state index is -0.228. The summed E-state index contributed by atoms with van der Waals surface area (Å²) in [5.74, 6) is 1.37. The molecule has 2 heterocycles. The van der Waals surface area contributed by atoms with E-state index >= 15 is 0 Å². The Morgan fingerprint density at radius 2 is 2.04 bits per heavy atom. The van der Waals surface area contributed by atoms with E-state index in [2.05, 4.69) is 15.3 Å². The van der Waals surface area contributed by atoms with E-state index in [1.165, 1.54) is 12.5 Å². The number of nitrogens with one attached hydrogen (secondary N) is 1. The number of aromatic nitrogens is 2. The van der Waals surface area contributed by atoms with Crippen molar-refractivity contribution in [3.05, 3.63) is 34.9 Å². The number of phenolic OH excluding ortho intramolecular Hbond substituents is 1. The van der Waals surface area contributed by atoms with Crippen LogP contribution in [0.3, 0.4) is 0 Å². The number of ether oxygens (including phenoxy) is 1. The number of rotatable bonds is 5. The van der Waals surface area contributed by atoms with Crippen LogP contribution >= 0.6 is 0 Å². The number of amides is 1. The van der Waals surface area contributed by atoms with E-state index in [9.17, 15) is 9.90 Å². The van der Waals surface area contributed by atoms with Crippen LogP contribution in [0.5, 0.6) is 11.6 Å². The fourth-order valence-electron chi connectivity index (χ4n) is 3.47. The maximum absolute atomic E-state index is 12.6. The van der Waals surface area contributed by atoms with Crippen molar-refractivity contribution in [2.75, 3.05) is 25.1 Å². The highest BCUT2D eigenvalue weighted by Crippen LogP contribution is 2.30. The van der Waals surface area contributed by atoms with Crippen LogP contribution in [0.4, 0.5) is 5.82 Å². The zero-order chi connectivity index (χ0) is 18.7. The van der Waals surface area contributed by atoms with Crippen LogP contribution in [0.1, 0.15) is 40.7 Å². The Hall–Kier alpha value is -2.70. The molecule has 1 aromatic heterocycles. The number of carbonyl (C=O) groups is 1. The molecule has 140 valence electrons. The molecule has 0 saturated carbocycles. The van der Waals surface area contributed by atoms with Crippen molar-refractivity contribution < 1.29 is 14.6 Å². The van der Waals surface area contributed by atoms with E-state index < -0.39 is 0 Å². The van der Waals surface area contributed by atoms with Gasteiger partial charge in [0.05, 0.1) is 19.2 Å². The number of carbonyl (C=O) groups excluding carboxylic acids is 1. The van der Waals surface area contributed by atoms with Crippen molar-refractivity contribution in [3.8, 4) is 11.6 Å². The molecule has 0 spiro atoms. The minimum absolute atomic E-state index is 0.0775. The smallest absolute Gasteiger partial charge is 0.251 e. The second-order valence-corrected chi connectivity index (χ2v) is 6.66. The topological polar surface area (TPSA) is 79.6 Å². The Bertz CT molecular complexity index is 794. The molecule has 3 rings (SSSR count). The number of hydrogen-bond donors (Lipinski definition) is 2. The number of hydrogen-bond acceptors (Lipinski definition) is 5. The van der Waals surface area contributed by atoms with Gasteiger partial charge in [0.25, 0.3) is 5.91 Å². The average Bonchev–Trinajstić information content (AvgIpc) is 2.97. The second-order valence-electron chi connectivity index (χ2n) is 6.66. The maximum atomic E-state index is 12.6. The summed E-state index contributed by atoms with van der Waals surface area (Å²) < 4.78 is 7.25. The molecule has 26 heavy (non-hydrogen) atoms. The van der Waals surface area contributed by atoms with E-state index in [0.29, 0.717) is 18.0 Å². The van der Waals surface area contributed by atoms with Gasteiger partial charge < -0.3 is 20.1 Å². The molecule has 1 aliphatic heterocycles. The first-order valence-electron chi connectivity index (χ1n) is 8.94. The molecular formula is C19H26N4O3. The number of anilines is 1. The van der Waals surface area contributed by atoms with Gasteiger partial charge in [-0.25, -0.2) is 4.68 Å². The fraction of sp³-hybridized carbons (Fsp3) is 0.474. The monoisotopic (exact) mass is 358 g/mol. The predicted molar refractivity (Wildman–Crippen MR) is 99.8 cm³/mol. The van der Waals surface area contributed by atoms with Gasteiger partial charge >= 0.3 is 0 Å². The SMILES string of the molecule is COc1nn(C)c(N2CCCCC2)c1CNC(=O)c1cc(O)ccc1C. The zero-order valence-electron chi connectivity index (χ0n) is 15.6. The summed E-state index contributed by atoms with van der Waals surface area (Å²) >= 11 is 0. The molecule has 1 fully saturated rings. The Kier molecular flexibility index (Phi) is 5.35. The van der Waals surface area contributed by atoms with Crippen molar-refractivity contribution in [1.82, 2.24) is 15.1 Å². The van der Waals surface area contributed by atoms with Gasteiger partial charge in [-0.1, -0.05) is 6.07 Å². The molecule has 0 bridgehead atoms. The Morgan fingerprint density at radius 1 is 1.31 bits per heavy atom. The molecule has 1 saturated heterocycles. The second kappa shape index (κ2) is 7.68. The minimum Gasteiger partial charge on any atom is -0.508 e. The quantitative estimate of drug-likeness (QED) is 0.858. The first-order chi connectivity index (χ1) is 12.5. The molecular weight excluding hydrogens is 332 g/mol. The molecule has 2 aromatic rings. The largest absolute Gasteiger partial charge is 0.508 e. The highest BCUT2D eigenvalue weighted by molar-refractivity contribution is 5.96. The number of benzene rings is 1. The van der Waals surface area contributed by atoms with Crippen LogP contribution < -0.4 is 15.0 Å². The van der Waals surface area contributed by atoms with Crippen LogP contribution in [0.25, 0.3) is 0 Å². The summed E-state index contributed by atoms with van der Waals surface area (Å²) in [6.45, 7) is 4.12. The number of piperidine rings is 1. The number of aromatic hydroxyl groups is 1. The third-order valence-electron chi connectivity index (χ3n) is 4.82. The molecule has 2 N–H and O–H groups in total. The Morgan fingerprint density at radius 3 is 2.73 bits per heavy atom. The molecule has 7 nitrogen and oxygen atoms in total. The molecule has 0 aliphatic carbocycles. The summed E-state index contributed by atoms with van der Waals surface area (Å²) in [5, 5.41) is 17.0. The van der Waals surface area contributed by atoms with Crippen molar-refractivity contribution in [2.24, 2.45) is 7.05 Å². The van der Waals surface area contributed by atoms with Gasteiger partial charge in [-0.15, -0.1) is 5.10 Å². The number of aryl methyl sites for hydroxylation is 2. The molecule has 1 amide bonds. The molecule has 1 aromatic carbocycles. The van der Waals surface area contributed by atoms with E-state index in [1.54, 1.807) is 19.2 Å². The lowest BCUT2D eigenvalue weighted by Gasteiger charge is -2.29. The maximum Gasteiger partial charge on any atom is 0.251 e. The first kappa shape index (κ1) is 18.1. The Balaban J connectivity index is 1.82. The van der Waals surface area contributed by atoms with Crippen molar-refractivity contribution >= 4 is 11.7 Å². The highest BCUT2D eigenvalue weighted by Gasteiger charge is 2.24. The average molecular weight is 358 g/mol. The number of nitrogens with zero attached hydrogens (tertiary/aromatic N) is 3. The lowest BCUT2D eigenvalue weighted by Crippen LogP contribution is -2.33. The lowest BCUT2D eigenvalue weighted by atomic mass is 10.1. The predicted octanol–water partition coefficient (Wildman–Crippen LogP) is 2.36.